The van der Waals surface area contributed by atoms with Crippen LogP contribution in [0.4, 0.5) is 5.69 Å². The van der Waals surface area contributed by atoms with E-state index in [9.17, 15) is 0 Å². The van der Waals surface area contributed by atoms with Crippen molar-refractivity contribution < 1.29 is 9.47 Å². The van der Waals surface area contributed by atoms with E-state index in [1.165, 1.54) is 0 Å². The van der Waals surface area contributed by atoms with E-state index in [4.69, 9.17) is 15.2 Å². The molecule has 1 unspecified atom stereocenters. The summed E-state index contributed by atoms with van der Waals surface area (Å²) in [6, 6.07) is 2.30. The lowest BCUT2D eigenvalue weighted by Gasteiger charge is -2.32. The van der Waals surface area contributed by atoms with E-state index in [0.29, 0.717) is 13.2 Å². The molecule has 0 spiro atoms. The third-order valence-electron chi connectivity index (χ3n) is 3.66. The van der Waals surface area contributed by atoms with Crippen LogP contribution in [0.1, 0.15) is 32.6 Å². The molecule has 0 aromatic carbocycles. The lowest BCUT2D eigenvalue weighted by atomic mass is 10.1. The highest BCUT2D eigenvalue weighted by Crippen LogP contribution is 2.22. The Hall–Kier alpha value is -1.33. The van der Waals surface area contributed by atoms with Gasteiger partial charge in [-0.15, -0.1) is 0 Å². The SMILES string of the molecule is CCCCOCCOc1cncc(N2CCCC(N)C2)c1. The van der Waals surface area contributed by atoms with Crippen LogP contribution < -0.4 is 15.4 Å². The van der Waals surface area contributed by atoms with Crippen LogP contribution in [-0.2, 0) is 4.74 Å². The number of pyridine rings is 1. The first-order valence-electron chi connectivity index (χ1n) is 7.95. The molecular weight excluding hydrogens is 266 g/mol. The Morgan fingerprint density at radius 3 is 3.05 bits per heavy atom. The summed E-state index contributed by atoms with van der Waals surface area (Å²) in [7, 11) is 0. The fourth-order valence-electron chi connectivity index (χ4n) is 2.47. The standard InChI is InChI=1S/C16H27N3O2/c1-2-3-7-20-8-9-21-16-10-15(11-18-12-16)19-6-4-5-14(17)13-19/h10-12,14H,2-9,13,17H2,1H3. The van der Waals surface area contributed by atoms with E-state index in [-0.39, 0.29) is 6.04 Å². The number of aromatic nitrogens is 1. The summed E-state index contributed by atoms with van der Waals surface area (Å²) in [5, 5.41) is 0. The first kappa shape index (κ1) is 16.0. The van der Waals surface area contributed by atoms with Crippen LogP contribution in [-0.4, -0.2) is 43.9 Å². The topological polar surface area (TPSA) is 60.6 Å². The average Bonchev–Trinajstić information content (AvgIpc) is 2.51. The summed E-state index contributed by atoms with van der Waals surface area (Å²) in [5.41, 5.74) is 7.12. The number of rotatable bonds is 8. The van der Waals surface area contributed by atoms with Crippen molar-refractivity contribution in [3.8, 4) is 5.75 Å². The van der Waals surface area contributed by atoms with Crippen LogP contribution in [0.3, 0.4) is 0 Å². The second-order valence-electron chi connectivity index (χ2n) is 5.54. The number of hydrogen-bond donors (Lipinski definition) is 1. The minimum absolute atomic E-state index is 0.260. The molecule has 2 N–H and O–H groups in total. The molecule has 1 aromatic heterocycles. The minimum atomic E-state index is 0.260. The van der Waals surface area contributed by atoms with Gasteiger partial charge in [0.25, 0.3) is 0 Å². The van der Waals surface area contributed by atoms with Gasteiger partial charge in [0, 0.05) is 31.8 Å². The highest BCUT2D eigenvalue weighted by molar-refractivity contribution is 5.48. The third kappa shape index (κ3) is 5.52. The average molecular weight is 293 g/mol. The van der Waals surface area contributed by atoms with Gasteiger partial charge in [-0.3, -0.25) is 4.98 Å². The molecule has 1 aliphatic rings. The van der Waals surface area contributed by atoms with Crippen molar-refractivity contribution in [2.75, 3.05) is 37.8 Å². The van der Waals surface area contributed by atoms with Crippen molar-refractivity contribution in [3.05, 3.63) is 18.5 Å². The largest absolute Gasteiger partial charge is 0.489 e. The van der Waals surface area contributed by atoms with Gasteiger partial charge in [-0.1, -0.05) is 13.3 Å². The van der Waals surface area contributed by atoms with E-state index < -0.39 is 0 Å². The molecule has 2 rings (SSSR count). The zero-order valence-electron chi connectivity index (χ0n) is 13.0. The smallest absolute Gasteiger partial charge is 0.139 e. The van der Waals surface area contributed by atoms with Gasteiger partial charge in [-0.25, -0.2) is 0 Å². The van der Waals surface area contributed by atoms with Gasteiger partial charge < -0.3 is 20.1 Å². The fourth-order valence-corrected chi connectivity index (χ4v) is 2.47. The quantitative estimate of drug-likeness (QED) is 0.745. The van der Waals surface area contributed by atoms with Gasteiger partial charge in [0.15, 0.2) is 0 Å². The summed E-state index contributed by atoms with van der Waals surface area (Å²) in [6.07, 6.45) is 8.13. The molecule has 0 radical (unpaired) electrons. The first-order valence-corrected chi connectivity index (χ1v) is 7.95. The van der Waals surface area contributed by atoms with Crippen LogP contribution in [0.15, 0.2) is 18.5 Å². The molecule has 0 amide bonds. The molecule has 1 saturated heterocycles. The van der Waals surface area contributed by atoms with E-state index >= 15 is 0 Å². The van der Waals surface area contributed by atoms with Gasteiger partial charge >= 0.3 is 0 Å². The molecule has 1 fully saturated rings. The minimum Gasteiger partial charge on any atom is -0.489 e. The van der Waals surface area contributed by atoms with Crippen molar-refractivity contribution >= 4 is 5.69 Å². The van der Waals surface area contributed by atoms with Crippen molar-refractivity contribution in [1.82, 2.24) is 4.98 Å². The summed E-state index contributed by atoms with van der Waals surface area (Å²) in [6.45, 7) is 6.09. The Kier molecular flexibility index (Phi) is 6.76. The van der Waals surface area contributed by atoms with E-state index in [1.54, 1.807) is 6.20 Å². The Morgan fingerprint density at radius 2 is 2.24 bits per heavy atom. The molecular formula is C16H27N3O2. The molecule has 5 heteroatoms. The summed E-state index contributed by atoms with van der Waals surface area (Å²) < 4.78 is 11.2. The maximum absolute atomic E-state index is 6.03. The van der Waals surface area contributed by atoms with Gasteiger partial charge in [0.2, 0.25) is 0 Å². The van der Waals surface area contributed by atoms with Crippen LogP contribution in [0.25, 0.3) is 0 Å². The number of nitrogens with zero attached hydrogens (tertiary/aromatic N) is 2. The Labute approximate surface area is 127 Å². The maximum Gasteiger partial charge on any atom is 0.139 e. The van der Waals surface area contributed by atoms with Crippen molar-refractivity contribution in [2.45, 2.75) is 38.6 Å². The van der Waals surface area contributed by atoms with Crippen LogP contribution in [0, 0.1) is 0 Å². The van der Waals surface area contributed by atoms with Crippen molar-refractivity contribution in [1.29, 1.82) is 0 Å². The zero-order chi connectivity index (χ0) is 14.9. The van der Waals surface area contributed by atoms with E-state index in [0.717, 1.165) is 56.8 Å². The molecule has 1 atom stereocenters. The number of ether oxygens (including phenoxy) is 2. The van der Waals surface area contributed by atoms with Gasteiger partial charge in [0.1, 0.15) is 12.4 Å². The molecule has 5 nitrogen and oxygen atoms in total. The molecule has 21 heavy (non-hydrogen) atoms. The van der Waals surface area contributed by atoms with Crippen LogP contribution >= 0.6 is 0 Å². The van der Waals surface area contributed by atoms with Crippen molar-refractivity contribution in [3.63, 3.8) is 0 Å². The number of hydrogen-bond acceptors (Lipinski definition) is 5. The van der Waals surface area contributed by atoms with E-state index in [2.05, 4.69) is 16.8 Å². The Bertz CT molecular complexity index is 414. The lowest BCUT2D eigenvalue weighted by Crippen LogP contribution is -2.42. The first-order chi connectivity index (χ1) is 10.3. The second-order valence-corrected chi connectivity index (χ2v) is 5.54. The molecule has 2 heterocycles. The van der Waals surface area contributed by atoms with Gasteiger partial charge in [0.05, 0.1) is 24.7 Å². The number of piperidine rings is 1. The Morgan fingerprint density at radius 1 is 1.33 bits per heavy atom. The Balaban J connectivity index is 1.78. The lowest BCUT2D eigenvalue weighted by molar-refractivity contribution is 0.0979. The molecule has 1 aliphatic heterocycles. The molecule has 0 aliphatic carbocycles. The highest BCUT2D eigenvalue weighted by atomic mass is 16.5. The predicted octanol–water partition coefficient (Wildman–Crippen LogP) is 2.20. The fraction of sp³-hybridized carbons (Fsp3) is 0.688. The molecule has 0 saturated carbocycles. The normalized spacial score (nSPS) is 18.8. The number of unbranched alkanes of at least 4 members (excludes halogenated alkanes) is 1. The summed E-state index contributed by atoms with van der Waals surface area (Å²) in [5.74, 6) is 0.797. The monoisotopic (exact) mass is 293 g/mol. The van der Waals surface area contributed by atoms with Crippen LogP contribution in [0.2, 0.25) is 0 Å². The van der Waals surface area contributed by atoms with Crippen molar-refractivity contribution in [2.24, 2.45) is 5.73 Å². The summed E-state index contributed by atoms with van der Waals surface area (Å²) in [4.78, 5) is 6.55. The highest BCUT2D eigenvalue weighted by Gasteiger charge is 2.17. The van der Waals surface area contributed by atoms with Crippen LogP contribution in [0.5, 0.6) is 5.75 Å². The van der Waals surface area contributed by atoms with Gasteiger partial charge in [-0.05, 0) is 19.3 Å². The zero-order valence-corrected chi connectivity index (χ0v) is 13.0. The molecule has 118 valence electrons. The predicted molar refractivity (Wildman–Crippen MR) is 84.9 cm³/mol. The second kappa shape index (κ2) is 8.85. The third-order valence-corrected chi connectivity index (χ3v) is 3.66. The number of nitrogens with two attached hydrogens (primary N) is 1. The molecule has 0 bridgehead atoms. The molecule has 1 aromatic rings. The number of anilines is 1. The van der Waals surface area contributed by atoms with E-state index in [1.807, 2.05) is 12.3 Å². The summed E-state index contributed by atoms with van der Waals surface area (Å²) >= 11 is 0. The maximum atomic E-state index is 6.03. The van der Waals surface area contributed by atoms with Gasteiger partial charge in [-0.2, -0.15) is 0 Å².